The zero-order chi connectivity index (χ0) is 14.7. The lowest BCUT2D eigenvalue weighted by molar-refractivity contribution is -0.385. The van der Waals surface area contributed by atoms with Crippen LogP contribution in [0.1, 0.15) is 23.2 Å². The molecule has 2 rings (SSSR count). The molecule has 0 unspecified atom stereocenters. The molecule has 0 atom stereocenters. The molecule has 0 spiro atoms. The second-order valence-corrected chi connectivity index (χ2v) is 4.76. The Balaban J connectivity index is 2.30. The van der Waals surface area contributed by atoms with E-state index < -0.39 is 4.92 Å². The average Bonchev–Trinajstić information content (AvgIpc) is 3.23. The highest BCUT2D eigenvalue weighted by Gasteiger charge is 2.35. The Hall–Kier alpha value is -2.15. The molecule has 7 nitrogen and oxygen atoms in total. The van der Waals surface area contributed by atoms with Gasteiger partial charge in [-0.3, -0.25) is 14.9 Å². The fourth-order valence-corrected chi connectivity index (χ4v) is 2.06. The van der Waals surface area contributed by atoms with E-state index in [2.05, 4.69) is 0 Å². The summed E-state index contributed by atoms with van der Waals surface area (Å²) in [7, 11) is 1.55. The quantitative estimate of drug-likeness (QED) is 0.482. The number of nitro benzene ring substituents is 1. The van der Waals surface area contributed by atoms with Crippen LogP contribution in [-0.2, 0) is 4.74 Å². The highest BCUT2D eigenvalue weighted by Crippen LogP contribution is 2.30. The minimum Gasteiger partial charge on any atom is -0.399 e. The molecule has 0 bridgehead atoms. The molecule has 0 radical (unpaired) electrons. The summed E-state index contributed by atoms with van der Waals surface area (Å²) in [6.07, 6.45) is 1.84. The number of benzene rings is 1. The van der Waals surface area contributed by atoms with Crippen molar-refractivity contribution in [2.75, 3.05) is 26.0 Å². The van der Waals surface area contributed by atoms with Crippen LogP contribution in [-0.4, -0.2) is 42.0 Å². The maximum absolute atomic E-state index is 12.5. The molecular formula is C13H17N3O4. The van der Waals surface area contributed by atoms with Crippen molar-refractivity contribution < 1.29 is 14.5 Å². The summed E-state index contributed by atoms with van der Waals surface area (Å²) < 4.78 is 4.99. The number of anilines is 1. The first kappa shape index (κ1) is 14.3. The van der Waals surface area contributed by atoms with Gasteiger partial charge in [0.2, 0.25) is 0 Å². The van der Waals surface area contributed by atoms with Crippen molar-refractivity contribution in [2.45, 2.75) is 18.9 Å². The number of hydrogen-bond acceptors (Lipinski definition) is 5. The van der Waals surface area contributed by atoms with Crippen LogP contribution in [0.2, 0.25) is 0 Å². The predicted molar refractivity (Wildman–Crippen MR) is 73.4 cm³/mol. The van der Waals surface area contributed by atoms with Gasteiger partial charge in [0.25, 0.3) is 11.6 Å². The van der Waals surface area contributed by atoms with Gasteiger partial charge in [-0.1, -0.05) is 0 Å². The van der Waals surface area contributed by atoms with Gasteiger partial charge in [0.05, 0.1) is 11.5 Å². The van der Waals surface area contributed by atoms with Crippen molar-refractivity contribution in [2.24, 2.45) is 0 Å². The molecule has 20 heavy (non-hydrogen) atoms. The Labute approximate surface area is 116 Å². The van der Waals surface area contributed by atoms with Gasteiger partial charge in [0.1, 0.15) is 5.56 Å². The third-order valence-electron chi connectivity index (χ3n) is 3.23. The van der Waals surface area contributed by atoms with E-state index in [0.717, 1.165) is 12.8 Å². The van der Waals surface area contributed by atoms with Crippen LogP contribution < -0.4 is 5.73 Å². The van der Waals surface area contributed by atoms with Crippen molar-refractivity contribution in [3.05, 3.63) is 33.9 Å². The molecule has 0 aromatic heterocycles. The lowest BCUT2D eigenvalue weighted by atomic mass is 10.1. The zero-order valence-electron chi connectivity index (χ0n) is 11.2. The highest BCUT2D eigenvalue weighted by molar-refractivity contribution is 5.99. The van der Waals surface area contributed by atoms with Crippen molar-refractivity contribution in [1.82, 2.24) is 4.90 Å². The molecule has 0 heterocycles. The van der Waals surface area contributed by atoms with E-state index >= 15 is 0 Å². The van der Waals surface area contributed by atoms with Gasteiger partial charge in [-0.25, -0.2) is 0 Å². The van der Waals surface area contributed by atoms with Crippen LogP contribution in [0.3, 0.4) is 0 Å². The van der Waals surface area contributed by atoms with E-state index in [1.165, 1.54) is 18.2 Å². The van der Waals surface area contributed by atoms with Crippen molar-refractivity contribution in [1.29, 1.82) is 0 Å². The van der Waals surface area contributed by atoms with E-state index in [4.69, 9.17) is 10.5 Å². The summed E-state index contributed by atoms with van der Waals surface area (Å²) in [6, 6.07) is 4.21. The number of nitrogens with zero attached hydrogens (tertiary/aromatic N) is 2. The molecule has 1 aliphatic carbocycles. The number of nitro groups is 1. The topological polar surface area (TPSA) is 98.7 Å². The standard InChI is InChI=1S/C13H17N3O4/c1-20-7-6-15(10-3-4-10)13(17)11-8-9(14)2-5-12(11)16(18)19/h2,5,8,10H,3-4,6-7,14H2,1H3. The van der Waals surface area contributed by atoms with Crippen LogP contribution in [0.15, 0.2) is 18.2 Å². The number of nitrogens with two attached hydrogens (primary N) is 1. The second-order valence-electron chi connectivity index (χ2n) is 4.76. The van der Waals surface area contributed by atoms with E-state index in [9.17, 15) is 14.9 Å². The molecule has 1 aromatic carbocycles. The number of nitrogen functional groups attached to an aromatic ring is 1. The van der Waals surface area contributed by atoms with Crippen LogP contribution >= 0.6 is 0 Å². The Kier molecular flexibility index (Phi) is 4.19. The first-order valence-corrected chi connectivity index (χ1v) is 6.38. The number of carbonyl (C=O) groups excluding carboxylic acids is 1. The second kappa shape index (κ2) is 5.87. The van der Waals surface area contributed by atoms with Gasteiger partial charge in [-0.15, -0.1) is 0 Å². The third kappa shape index (κ3) is 3.05. The van der Waals surface area contributed by atoms with Gasteiger partial charge in [-0.05, 0) is 25.0 Å². The summed E-state index contributed by atoms with van der Waals surface area (Å²) in [5, 5.41) is 11.0. The maximum Gasteiger partial charge on any atom is 0.282 e. The Morgan fingerprint density at radius 3 is 2.80 bits per heavy atom. The number of carbonyl (C=O) groups is 1. The summed E-state index contributed by atoms with van der Waals surface area (Å²) in [6.45, 7) is 0.824. The lowest BCUT2D eigenvalue weighted by Gasteiger charge is -2.22. The van der Waals surface area contributed by atoms with Gasteiger partial charge in [0, 0.05) is 31.5 Å². The first-order valence-electron chi connectivity index (χ1n) is 6.38. The van der Waals surface area contributed by atoms with Crippen molar-refractivity contribution in [3.63, 3.8) is 0 Å². The number of methoxy groups -OCH3 is 1. The smallest absolute Gasteiger partial charge is 0.282 e. The Morgan fingerprint density at radius 2 is 2.25 bits per heavy atom. The molecule has 1 saturated carbocycles. The van der Waals surface area contributed by atoms with Crippen LogP contribution in [0.25, 0.3) is 0 Å². The average molecular weight is 279 g/mol. The van der Waals surface area contributed by atoms with Gasteiger partial charge in [0.15, 0.2) is 0 Å². The first-order chi connectivity index (χ1) is 9.54. The molecule has 2 N–H and O–H groups in total. The lowest BCUT2D eigenvalue weighted by Crippen LogP contribution is -2.36. The largest absolute Gasteiger partial charge is 0.399 e. The fraction of sp³-hybridized carbons (Fsp3) is 0.462. The fourth-order valence-electron chi connectivity index (χ4n) is 2.06. The number of ether oxygens (including phenoxy) is 1. The molecule has 0 aliphatic heterocycles. The number of hydrogen-bond donors (Lipinski definition) is 1. The van der Waals surface area contributed by atoms with Crippen molar-refractivity contribution in [3.8, 4) is 0 Å². The van der Waals surface area contributed by atoms with Crippen molar-refractivity contribution >= 4 is 17.3 Å². The maximum atomic E-state index is 12.5. The predicted octanol–water partition coefficient (Wildman–Crippen LogP) is 1.43. The van der Waals surface area contributed by atoms with Gasteiger partial charge < -0.3 is 15.4 Å². The van der Waals surface area contributed by atoms with Crippen LogP contribution in [0.4, 0.5) is 11.4 Å². The molecule has 1 aromatic rings. The summed E-state index contributed by atoms with van der Waals surface area (Å²) in [5.74, 6) is -0.358. The number of rotatable bonds is 6. The van der Waals surface area contributed by atoms with Gasteiger partial charge >= 0.3 is 0 Å². The SMILES string of the molecule is COCCN(C(=O)c1cc(N)ccc1[N+](=O)[O-])C1CC1. The van der Waals surface area contributed by atoms with E-state index in [-0.39, 0.29) is 23.2 Å². The van der Waals surface area contributed by atoms with Crippen LogP contribution in [0, 0.1) is 10.1 Å². The third-order valence-corrected chi connectivity index (χ3v) is 3.23. The molecule has 7 heteroatoms. The molecule has 0 saturated heterocycles. The van der Waals surface area contributed by atoms with E-state index in [0.29, 0.717) is 18.8 Å². The molecular weight excluding hydrogens is 262 g/mol. The van der Waals surface area contributed by atoms with E-state index in [1.807, 2.05) is 0 Å². The molecule has 1 aliphatic rings. The monoisotopic (exact) mass is 279 g/mol. The normalized spacial score (nSPS) is 14.1. The highest BCUT2D eigenvalue weighted by atomic mass is 16.6. The molecule has 1 fully saturated rings. The molecule has 1 amide bonds. The Morgan fingerprint density at radius 1 is 1.55 bits per heavy atom. The van der Waals surface area contributed by atoms with E-state index in [1.54, 1.807) is 12.0 Å². The Bertz CT molecular complexity index is 528. The summed E-state index contributed by atoms with van der Waals surface area (Å²) in [5.41, 5.74) is 5.80. The van der Waals surface area contributed by atoms with Gasteiger partial charge in [-0.2, -0.15) is 0 Å². The summed E-state index contributed by atoms with van der Waals surface area (Å²) in [4.78, 5) is 24.6. The zero-order valence-corrected chi connectivity index (χ0v) is 11.2. The minimum absolute atomic E-state index is 0.0398. The van der Waals surface area contributed by atoms with Crippen LogP contribution in [0.5, 0.6) is 0 Å². The summed E-state index contributed by atoms with van der Waals surface area (Å²) >= 11 is 0. The minimum atomic E-state index is -0.561. The molecule has 108 valence electrons. The number of amides is 1.